The van der Waals surface area contributed by atoms with Gasteiger partial charge in [0.05, 0.1) is 44.8 Å². The first-order chi connectivity index (χ1) is 31.6. The van der Waals surface area contributed by atoms with Crippen molar-refractivity contribution in [2.75, 3.05) is 0 Å². The third-order valence-electron chi connectivity index (χ3n) is 12.6. The molecule has 0 fully saturated rings. The molecule has 12 rings (SSSR count). The second-order valence-corrected chi connectivity index (χ2v) is 16.8. The highest BCUT2D eigenvalue weighted by molar-refractivity contribution is 6.12. The summed E-state index contributed by atoms with van der Waals surface area (Å²) in [7, 11) is 0. The molecule has 0 unspecified atom stereocenters. The van der Waals surface area contributed by atoms with Crippen molar-refractivity contribution in [3.63, 3.8) is 0 Å². The summed E-state index contributed by atoms with van der Waals surface area (Å²) in [6.07, 6.45) is 0. The summed E-state index contributed by atoms with van der Waals surface area (Å²) in [5.41, 5.74) is 18.7. The molecule has 12 aromatic rings. The number of hydrogen-bond acceptors (Lipinski definition) is 2. The van der Waals surface area contributed by atoms with Gasteiger partial charge in [0.25, 0.3) is 0 Å². The zero-order valence-corrected chi connectivity index (χ0v) is 35.6. The number of aryl methyl sites for hydroxylation is 2. The summed E-state index contributed by atoms with van der Waals surface area (Å²) in [5, 5.41) is 4.86. The topological polar surface area (TPSA) is 35.6 Å². The average molecular weight is 819 g/mol. The van der Waals surface area contributed by atoms with Crippen LogP contribution in [0.15, 0.2) is 218 Å². The van der Waals surface area contributed by atoms with Crippen molar-refractivity contribution in [1.82, 2.24) is 19.1 Å². The minimum Gasteiger partial charge on any atom is -0.309 e. The Bertz CT molecular complexity index is 3610. The Morgan fingerprint density at radius 1 is 0.297 bits per heavy atom. The first kappa shape index (κ1) is 37.4. The zero-order chi connectivity index (χ0) is 42.7. The van der Waals surface area contributed by atoms with Crippen LogP contribution in [0.5, 0.6) is 0 Å². The van der Waals surface area contributed by atoms with Gasteiger partial charge in [-0.25, -0.2) is 9.97 Å². The van der Waals surface area contributed by atoms with E-state index < -0.39 is 0 Å². The third-order valence-corrected chi connectivity index (χ3v) is 12.6. The highest BCUT2D eigenvalue weighted by Crippen LogP contribution is 2.43. The van der Waals surface area contributed by atoms with E-state index in [2.05, 4.69) is 229 Å². The van der Waals surface area contributed by atoms with E-state index in [1.807, 2.05) is 12.1 Å². The Balaban J connectivity index is 1.15. The number of fused-ring (bicyclic) bond motifs is 6. The Morgan fingerprint density at radius 3 is 1.38 bits per heavy atom. The van der Waals surface area contributed by atoms with Gasteiger partial charge in [-0.2, -0.15) is 0 Å². The largest absolute Gasteiger partial charge is 0.309 e. The normalized spacial score (nSPS) is 11.6. The van der Waals surface area contributed by atoms with Crippen molar-refractivity contribution in [2.45, 2.75) is 13.8 Å². The summed E-state index contributed by atoms with van der Waals surface area (Å²) in [4.78, 5) is 10.6. The van der Waals surface area contributed by atoms with Crippen molar-refractivity contribution in [3.8, 4) is 67.5 Å². The molecule has 0 bridgehead atoms. The molecule has 9 aromatic carbocycles. The molecular formula is C60H42N4. The third kappa shape index (κ3) is 6.30. The molecular weight excluding hydrogens is 777 g/mol. The van der Waals surface area contributed by atoms with Gasteiger partial charge in [-0.15, -0.1) is 0 Å². The summed E-state index contributed by atoms with van der Waals surface area (Å²) in [6.45, 7) is 4.35. The van der Waals surface area contributed by atoms with Gasteiger partial charge in [0, 0.05) is 49.4 Å². The van der Waals surface area contributed by atoms with Crippen LogP contribution in [0.25, 0.3) is 111 Å². The quantitative estimate of drug-likeness (QED) is 0.161. The lowest BCUT2D eigenvalue weighted by Crippen LogP contribution is -2.03. The van der Waals surface area contributed by atoms with Crippen molar-refractivity contribution < 1.29 is 0 Å². The molecule has 0 amide bonds. The molecule has 4 heteroatoms. The van der Waals surface area contributed by atoms with E-state index in [0.29, 0.717) is 5.82 Å². The van der Waals surface area contributed by atoms with Crippen LogP contribution in [0, 0.1) is 13.8 Å². The summed E-state index contributed by atoms with van der Waals surface area (Å²) in [5.74, 6) is 0.668. The van der Waals surface area contributed by atoms with E-state index in [-0.39, 0.29) is 0 Å². The smallest absolute Gasteiger partial charge is 0.160 e. The first-order valence-electron chi connectivity index (χ1n) is 21.9. The van der Waals surface area contributed by atoms with Gasteiger partial charge in [-0.3, -0.25) is 0 Å². The lowest BCUT2D eigenvalue weighted by molar-refractivity contribution is 1.15. The van der Waals surface area contributed by atoms with Crippen molar-refractivity contribution in [1.29, 1.82) is 0 Å². The van der Waals surface area contributed by atoms with Crippen LogP contribution in [0.4, 0.5) is 0 Å². The molecule has 0 saturated heterocycles. The number of benzene rings is 9. The maximum Gasteiger partial charge on any atom is 0.160 e. The second kappa shape index (κ2) is 15.2. The van der Waals surface area contributed by atoms with Gasteiger partial charge in [-0.1, -0.05) is 181 Å². The van der Waals surface area contributed by atoms with Crippen LogP contribution in [0.2, 0.25) is 0 Å². The van der Waals surface area contributed by atoms with E-state index in [0.717, 1.165) is 61.6 Å². The molecule has 0 aliphatic carbocycles. The fraction of sp³-hybridized carbons (Fsp3) is 0.0333. The standard InChI is InChI=1S/C60H42N4/c1-39-33-40(2)35-45(34-39)43-30-32-58-51(36-43)49-24-12-16-28-57(49)64(58)59-37-44(60-61-52(41-17-5-3-6-18-41)38-53(62-60)42-19-7-4-8-20-42)29-31-50(59)48-23-11-15-27-56(48)63-54-25-13-9-21-46(54)47-22-10-14-26-55(47)63/h3-38H,1-2H3. The summed E-state index contributed by atoms with van der Waals surface area (Å²) < 4.78 is 4.88. The van der Waals surface area contributed by atoms with Gasteiger partial charge in [0.15, 0.2) is 5.82 Å². The predicted molar refractivity (Wildman–Crippen MR) is 267 cm³/mol. The molecule has 302 valence electrons. The Morgan fingerprint density at radius 2 is 0.766 bits per heavy atom. The molecule has 0 aliphatic rings. The summed E-state index contributed by atoms with van der Waals surface area (Å²) in [6, 6.07) is 78.6. The molecule has 0 spiro atoms. The molecule has 3 heterocycles. The fourth-order valence-electron chi connectivity index (χ4n) is 9.81. The molecule has 0 saturated carbocycles. The van der Waals surface area contributed by atoms with Gasteiger partial charge in [0.2, 0.25) is 0 Å². The lowest BCUT2D eigenvalue weighted by Gasteiger charge is -2.20. The highest BCUT2D eigenvalue weighted by Gasteiger charge is 2.22. The van der Waals surface area contributed by atoms with Crippen LogP contribution >= 0.6 is 0 Å². The van der Waals surface area contributed by atoms with Gasteiger partial charge >= 0.3 is 0 Å². The number of aromatic nitrogens is 4. The first-order valence-corrected chi connectivity index (χ1v) is 21.9. The van der Waals surface area contributed by atoms with E-state index >= 15 is 0 Å². The number of rotatable bonds is 7. The SMILES string of the molecule is Cc1cc(C)cc(-c2ccc3c(c2)c2ccccc2n3-c2cc(-c3nc(-c4ccccc4)cc(-c4ccccc4)n3)ccc2-c2ccccc2-n2c3ccccc3c3ccccc32)c1. The monoisotopic (exact) mass is 818 g/mol. The van der Waals surface area contributed by atoms with E-state index in [9.17, 15) is 0 Å². The second-order valence-electron chi connectivity index (χ2n) is 16.8. The number of nitrogens with zero attached hydrogens (tertiary/aromatic N) is 4. The van der Waals surface area contributed by atoms with Crippen LogP contribution in [-0.4, -0.2) is 19.1 Å². The maximum atomic E-state index is 5.31. The van der Waals surface area contributed by atoms with Crippen molar-refractivity contribution >= 4 is 43.6 Å². The zero-order valence-electron chi connectivity index (χ0n) is 35.6. The van der Waals surface area contributed by atoms with Gasteiger partial charge < -0.3 is 9.13 Å². The molecule has 4 nitrogen and oxygen atoms in total. The van der Waals surface area contributed by atoms with Crippen LogP contribution in [0.1, 0.15) is 11.1 Å². The van der Waals surface area contributed by atoms with E-state index in [4.69, 9.17) is 9.97 Å². The van der Waals surface area contributed by atoms with Crippen LogP contribution in [0.3, 0.4) is 0 Å². The fourth-order valence-corrected chi connectivity index (χ4v) is 9.81. The molecule has 0 N–H and O–H groups in total. The Hall–Kier alpha value is -8.34. The van der Waals surface area contributed by atoms with E-state index in [1.54, 1.807) is 0 Å². The minimum atomic E-state index is 0.668. The predicted octanol–water partition coefficient (Wildman–Crippen LogP) is 15.6. The minimum absolute atomic E-state index is 0.668. The number of hydrogen-bond donors (Lipinski definition) is 0. The lowest BCUT2D eigenvalue weighted by atomic mass is 9.98. The van der Waals surface area contributed by atoms with Gasteiger partial charge in [0.1, 0.15) is 0 Å². The molecule has 0 radical (unpaired) electrons. The van der Waals surface area contributed by atoms with Crippen molar-refractivity contribution in [3.05, 3.63) is 230 Å². The Labute approximate surface area is 372 Å². The van der Waals surface area contributed by atoms with Crippen molar-refractivity contribution in [2.24, 2.45) is 0 Å². The van der Waals surface area contributed by atoms with Crippen LogP contribution in [-0.2, 0) is 0 Å². The molecule has 64 heavy (non-hydrogen) atoms. The maximum absolute atomic E-state index is 5.31. The molecule has 0 aliphatic heterocycles. The van der Waals surface area contributed by atoms with E-state index in [1.165, 1.54) is 54.8 Å². The molecule has 3 aromatic heterocycles. The molecule has 0 atom stereocenters. The highest BCUT2D eigenvalue weighted by atomic mass is 15.0. The van der Waals surface area contributed by atoms with Crippen LogP contribution < -0.4 is 0 Å². The van der Waals surface area contributed by atoms with Gasteiger partial charge in [-0.05, 0) is 73.5 Å². The average Bonchev–Trinajstić information content (AvgIpc) is 3.86. The number of para-hydroxylation sites is 4. The summed E-state index contributed by atoms with van der Waals surface area (Å²) >= 11 is 0. The Kier molecular flexibility index (Phi) is 8.91.